The Morgan fingerprint density at radius 2 is 1.69 bits per heavy atom. The van der Waals surface area contributed by atoms with Gasteiger partial charge in [-0.1, -0.05) is 79.7 Å². The van der Waals surface area contributed by atoms with E-state index in [1.807, 2.05) is 99.0 Å². The number of hydrogen-bond acceptors (Lipinski definition) is 5. The first-order valence-corrected chi connectivity index (χ1v) is 13.1. The summed E-state index contributed by atoms with van der Waals surface area (Å²) in [5.41, 5.74) is 2.49. The van der Waals surface area contributed by atoms with Gasteiger partial charge in [-0.15, -0.1) is 10.2 Å². The number of carbonyl (C=O) groups excluding carboxylic acids is 2. The standard InChI is InChI=1S/C28H31N5O2S/c1-5-33-26(25(18(2)3)30-27(35)21-15-13-19(4)14-16-21)31-32-28(33)36-17-24(34)29-23-12-8-10-20-9-6-7-11-22(20)23/h6-16,18,25H,5,17H2,1-4H3,(H,29,34)(H,30,35). The molecule has 0 aliphatic heterocycles. The topological polar surface area (TPSA) is 88.9 Å². The number of thioether (sulfide) groups is 1. The van der Waals surface area contributed by atoms with Crippen LogP contribution in [-0.2, 0) is 11.3 Å². The van der Waals surface area contributed by atoms with E-state index in [1.165, 1.54) is 11.8 Å². The lowest BCUT2D eigenvalue weighted by Crippen LogP contribution is -2.33. The van der Waals surface area contributed by atoms with Crippen LogP contribution in [0.1, 0.15) is 48.6 Å². The van der Waals surface area contributed by atoms with Gasteiger partial charge in [-0.2, -0.15) is 0 Å². The van der Waals surface area contributed by atoms with Crippen LogP contribution in [0.4, 0.5) is 5.69 Å². The number of nitrogens with zero attached hydrogens (tertiary/aromatic N) is 3. The fraction of sp³-hybridized carbons (Fsp3) is 0.286. The molecule has 0 bridgehead atoms. The highest BCUT2D eigenvalue weighted by Gasteiger charge is 2.26. The van der Waals surface area contributed by atoms with E-state index in [9.17, 15) is 9.59 Å². The maximum atomic E-state index is 12.9. The third-order valence-corrected chi connectivity index (χ3v) is 6.97. The fourth-order valence-electron chi connectivity index (χ4n) is 4.04. The summed E-state index contributed by atoms with van der Waals surface area (Å²) in [6, 6.07) is 21.0. The van der Waals surface area contributed by atoms with Gasteiger partial charge in [0, 0.05) is 23.2 Å². The number of hydrogen-bond donors (Lipinski definition) is 2. The Hall–Kier alpha value is -3.65. The Morgan fingerprint density at radius 3 is 2.42 bits per heavy atom. The molecule has 0 radical (unpaired) electrons. The maximum Gasteiger partial charge on any atom is 0.251 e. The number of nitrogens with one attached hydrogen (secondary N) is 2. The molecule has 2 amide bonds. The van der Waals surface area contributed by atoms with Gasteiger partial charge in [-0.3, -0.25) is 9.59 Å². The summed E-state index contributed by atoms with van der Waals surface area (Å²) >= 11 is 1.34. The summed E-state index contributed by atoms with van der Waals surface area (Å²) in [7, 11) is 0. The Bertz CT molecular complexity index is 1360. The van der Waals surface area contributed by atoms with Gasteiger partial charge < -0.3 is 15.2 Å². The zero-order valence-corrected chi connectivity index (χ0v) is 21.8. The number of benzene rings is 3. The monoisotopic (exact) mass is 501 g/mol. The van der Waals surface area contributed by atoms with Crippen LogP contribution in [0.25, 0.3) is 10.8 Å². The van der Waals surface area contributed by atoms with Crippen molar-refractivity contribution in [3.63, 3.8) is 0 Å². The van der Waals surface area contributed by atoms with Crippen LogP contribution in [0.2, 0.25) is 0 Å². The van der Waals surface area contributed by atoms with Crippen molar-refractivity contribution in [1.82, 2.24) is 20.1 Å². The number of aromatic nitrogens is 3. The van der Waals surface area contributed by atoms with Crippen molar-refractivity contribution in [2.75, 3.05) is 11.1 Å². The van der Waals surface area contributed by atoms with E-state index in [1.54, 1.807) is 0 Å². The zero-order chi connectivity index (χ0) is 25.7. The Balaban J connectivity index is 1.46. The minimum Gasteiger partial charge on any atom is -0.342 e. The number of aryl methyl sites for hydroxylation is 1. The first-order valence-electron chi connectivity index (χ1n) is 12.1. The van der Waals surface area contributed by atoms with E-state index in [0.717, 1.165) is 22.0 Å². The molecule has 1 aromatic heterocycles. The second kappa shape index (κ2) is 11.4. The molecule has 0 saturated heterocycles. The highest BCUT2D eigenvalue weighted by Crippen LogP contribution is 2.27. The normalized spacial score (nSPS) is 12.0. The molecule has 4 rings (SSSR count). The smallest absolute Gasteiger partial charge is 0.251 e. The van der Waals surface area contributed by atoms with E-state index >= 15 is 0 Å². The van der Waals surface area contributed by atoms with Gasteiger partial charge >= 0.3 is 0 Å². The van der Waals surface area contributed by atoms with E-state index in [4.69, 9.17) is 0 Å². The van der Waals surface area contributed by atoms with Crippen LogP contribution in [0.15, 0.2) is 71.9 Å². The molecule has 3 aromatic carbocycles. The maximum absolute atomic E-state index is 12.9. The van der Waals surface area contributed by atoms with E-state index in [-0.39, 0.29) is 29.5 Å². The third-order valence-electron chi connectivity index (χ3n) is 6.00. The minimum absolute atomic E-state index is 0.0985. The summed E-state index contributed by atoms with van der Waals surface area (Å²) in [4.78, 5) is 25.7. The first-order chi connectivity index (χ1) is 17.4. The highest BCUT2D eigenvalue weighted by atomic mass is 32.2. The summed E-state index contributed by atoms with van der Waals surface area (Å²) in [5.74, 6) is 0.717. The van der Waals surface area contributed by atoms with Crippen LogP contribution < -0.4 is 10.6 Å². The Labute approximate surface area is 215 Å². The van der Waals surface area contributed by atoms with Gasteiger partial charge in [0.05, 0.1) is 11.8 Å². The first kappa shape index (κ1) is 25.4. The second-order valence-corrected chi connectivity index (χ2v) is 9.95. The fourth-order valence-corrected chi connectivity index (χ4v) is 4.85. The molecule has 1 atom stereocenters. The molecule has 36 heavy (non-hydrogen) atoms. The van der Waals surface area contributed by atoms with Crippen LogP contribution in [0, 0.1) is 12.8 Å². The lowest BCUT2D eigenvalue weighted by Gasteiger charge is -2.22. The highest BCUT2D eigenvalue weighted by molar-refractivity contribution is 7.99. The molecule has 0 aliphatic rings. The third kappa shape index (κ3) is 5.76. The van der Waals surface area contributed by atoms with Crippen molar-refractivity contribution in [3.05, 3.63) is 83.7 Å². The van der Waals surface area contributed by atoms with Gasteiger partial charge in [-0.25, -0.2) is 0 Å². The van der Waals surface area contributed by atoms with Gasteiger partial charge in [0.2, 0.25) is 5.91 Å². The SMILES string of the molecule is CCn1c(SCC(=O)Nc2cccc3ccccc23)nnc1C(NC(=O)c1ccc(C)cc1)C(C)C. The van der Waals surface area contributed by atoms with Crippen molar-refractivity contribution in [2.24, 2.45) is 5.92 Å². The molecule has 7 nitrogen and oxygen atoms in total. The van der Waals surface area contributed by atoms with Crippen LogP contribution in [0.3, 0.4) is 0 Å². The lowest BCUT2D eigenvalue weighted by molar-refractivity contribution is -0.113. The number of carbonyl (C=O) groups is 2. The average molecular weight is 502 g/mol. The molecule has 1 heterocycles. The summed E-state index contributed by atoms with van der Waals surface area (Å²) in [6.07, 6.45) is 0. The van der Waals surface area contributed by atoms with Gasteiger partial charge in [0.1, 0.15) is 0 Å². The summed E-state index contributed by atoms with van der Waals surface area (Å²) in [6.45, 7) is 8.70. The molecular weight excluding hydrogens is 470 g/mol. The van der Waals surface area contributed by atoms with E-state index in [2.05, 4.69) is 20.8 Å². The van der Waals surface area contributed by atoms with E-state index < -0.39 is 0 Å². The molecule has 186 valence electrons. The number of rotatable bonds is 9. The van der Waals surface area contributed by atoms with Crippen molar-refractivity contribution in [2.45, 2.75) is 45.4 Å². The quantitative estimate of drug-likeness (QED) is 0.291. The molecule has 0 saturated carbocycles. The van der Waals surface area contributed by atoms with Gasteiger partial charge in [-0.05, 0) is 43.4 Å². The molecule has 2 N–H and O–H groups in total. The van der Waals surface area contributed by atoms with E-state index in [0.29, 0.717) is 23.1 Å². The molecule has 0 fully saturated rings. The van der Waals surface area contributed by atoms with Crippen molar-refractivity contribution in [3.8, 4) is 0 Å². The molecule has 4 aromatic rings. The number of amides is 2. The molecule has 0 aliphatic carbocycles. The zero-order valence-electron chi connectivity index (χ0n) is 21.0. The Kier molecular flexibility index (Phi) is 8.05. The lowest BCUT2D eigenvalue weighted by atomic mass is 10.0. The molecule has 8 heteroatoms. The number of fused-ring (bicyclic) bond motifs is 1. The molecule has 0 spiro atoms. The predicted molar refractivity (Wildman–Crippen MR) is 145 cm³/mol. The minimum atomic E-state index is -0.315. The van der Waals surface area contributed by atoms with Crippen molar-refractivity contribution < 1.29 is 9.59 Å². The largest absolute Gasteiger partial charge is 0.342 e. The van der Waals surface area contributed by atoms with Crippen LogP contribution >= 0.6 is 11.8 Å². The molecular formula is C28H31N5O2S. The summed E-state index contributed by atoms with van der Waals surface area (Å²) in [5, 5.41) is 17.6. The predicted octanol–water partition coefficient (Wildman–Crippen LogP) is 5.62. The van der Waals surface area contributed by atoms with Crippen molar-refractivity contribution in [1.29, 1.82) is 0 Å². The van der Waals surface area contributed by atoms with Crippen molar-refractivity contribution >= 4 is 40.0 Å². The van der Waals surface area contributed by atoms with Gasteiger partial charge in [0.15, 0.2) is 11.0 Å². The number of anilines is 1. The summed E-state index contributed by atoms with van der Waals surface area (Å²) < 4.78 is 1.97. The van der Waals surface area contributed by atoms with Crippen LogP contribution in [0.5, 0.6) is 0 Å². The van der Waals surface area contributed by atoms with Gasteiger partial charge in [0.25, 0.3) is 5.91 Å². The Morgan fingerprint density at radius 1 is 0.972 bits per heavy atom. The second-order valence-electron chi connectivity index (χ2n) is 9.01. The average Bonchev–Trinajstić information content (AvgIpc) is 3.28. The van der Waals surface area contributed by atoms with Crippen LogP contribution in [-0.4, -0.2) is 32.3 Å². The molecule has 1 unspecified atom stereocenters.